The van der Waals surface area contributed by atoms with Gasteiger partial charge in [0.15, 0.2) is 0 Å². The minimum absolute atomic E-state index is 0.0151. The maximum absolute atomic E-state index is 11.6. The summed E-state index contributed by atoms with van der Waals surface area (Å²) in [5.41, 5.74) is 0. The maximum atomic E-state index is 11.6. The Morgan fingerprint density at radius 2 is 2.21 bits per heavy atom. The number of amides is 2. The number of nitrogens with zero attached hydrogens (tertiary/aromatic N) is 2. The second kappa shape index (κ2) is 4.44. The molecule has 1 rings (SSSR count). The van der Waals surface area contributed by atoms with Gasteiger partial charge >= 0.3 is 6.03 Å². The van der Waals surface area contributed by atoms with E-state index < -0.39 is 0 Å². The van der Waals surface area contributed by atoms with Crippen LogP contribution in [-0.2, 0) is 4.79 Å². The van der Waals surface area contributed by atoms with Crippen molar-refractivity contribution >= 4 is 11.8 Å². The van der Waals surface area contributed by atoms with Crippen LogP contribution < -0.4 is 0 Å². The van der Waals surface area contributed by atoms with E-state index in [1.54, 1.807) is 9.80 Å². The average molecular weight is 198 g/mol. The van der Waals surface area contributed by atoms with Gasteiger partial charge in [-0.1, -0.05) is 13.3 Å². The molecule has 0 saturated carbocycles. The van der Waals surface area contributed by atoms with Crippen molar-refractivity contribution in [2.24, 2.45) is 0 Å². The van der Waals surface area contributed by atoms with Gasteiger partial charge in [-0.05, 0) is 13.3 Å². The molecular formula is C10H18N2O2. The first-order valence-electron chi connectivity index (χ1n) is 5.07. The third-order valence-corrected chi connectivity index (χ3v) is 2.59. The quantitative estimate of drug-likeness (QED) is 0.679. The van der Waals surface area contributed by atoms with Crippen molar-refractivity contribution in [1.29, 1.82) is 0 Å². The van der Waals surface area contributed by atoms with Crippen LogP contribution in [0.25, 0.3) is 0 Å². The monoisotopic (exact) mass is 198 g/mol. The maximum Gasteiger partial charge on any atom is 0.320 e. The summed E-state index contributed by atoms with van der Waals surface area (Å²) in [5, 5.41) is 0. The molecule has 1 fully saturated rings. The van der Waals surface area contributed by atoms with Crippen molar-refractivity contribution in [1.82, 2.24) is 9.80 Å². The second-order valence-electron chi connectivity index (χ2n) is 3.92. The van der Waals surface area contributed by atoms with Crippen LogP contribution in [0.4, 0.5) is 4.79 Å². The van der Waals surface area contributed by atoms with Crippen molar-refractivity contribution in [2.45, 2.75) is 32.7 Å². The fourth-order valence-corrected chi connectivity index (χ4v) is 1.85. The first-order chi connectivity index (χ1) is 6.56. The molecule has 0 aliphatic carbocycles. The molecule has 1 saturated heterocycles. The molecule has 4 heteroatoms. The van der Waals surface area contributed by atoms with Crippen LogP contribution >= 0.6 is 0 Å². The molecule has 1 atom stereocenters. The summed E-state index contributed by atoms with van der Waals surface area (Å²) < 4.78 is 0. The van der Waals surface area contributed by atoms with Crippen LogP contribution in [0.5, 0.6) is 0 Å². The smallest absolute Gasteiger partial charge is 0.320 e. The van der Waals surface area contributed by atoms with Crippen molar-refractivity contribution in [2.75, 3.05) is 20.1 Å². The standard InChI is InChI=1S/C10H18N2O2/c1-4-5-9-7-12(6-8(2)13)10(14)11(9)3/h9H,4-7H2,1-3H3. The van der Waals surface area contributed by atoms with E-state index in [1.165, 1.54) is 6.92 Å². The van der Waals surface area contributed by atoms with Crippen LogP contribution in [0.3, 0.4) is 0 Å². The lowest BCUT2D eigenvalue weighted by Gasteiger charge is -2.16. The summed E-state index contributed by atoms with van der Waals surface area (Å²) in [4.78, 5) is 25.9. The van der Waals surface area contributed by atoms with E-state index in [9.17, 15) is 9.59 Å². The van der Waals surface area contributed by atoms with E-state index in [0.717, 1.165) is 12.8 Å². The Hall–Kier alpha value is -1.06. The highest BCUT2D eigenvalue weighted by Crippen LogP contribution is 2.17. The highest BCUT2D eigenvalue weighted by Gasteiger charge is 2.33. The third kappa shape index (κ3) is 2.25. The number of carbonyl (C=O) groups excluding carboxylic acids is 2. The van der Waals surface area contributed by atoms with Gasteiger partial charge in [-0.25, -0.2) is 4.79 Å². The molecule has 0 bridgehead atoms. The van der Waals surface area contributed by atoms with Gasteiger partial charge in [0.1, 0.15) is 5.78 Å². The van der Waals surface area contributed by atoms with Crippen molar-refractivity contribution in [3.05, 3.63) is 0 Å². The molecule has 1 heterocycles. The number of likely N-dealkylation sites (N-methyl/N-ethyl adjacent to an activating group) is 1. The van der Waals surface area contributed by atoms with E-state index in [1.807, 2.05) is 7.05 Å². The summed E-state index contributed by atoms with van der Waals surface area (Å²) in [5.74, 6) is 0.0453. The largest absolute Gasteiger partial charge is 0.323 e. The SMILES string of the molecule is CCCC1CN(CC(C)=O)C(=O)N1C. The first-order valence-corrected chi connectivity index (χ1v) is 5.07. The molecule has 4 nitrogen and oxygen atoms in total. The van der Waals surface area contributed by atoms with Crippen LogP contribution in [0.15, 0.2) is 0 Å². The third-order valence-electron chi connectivity index (χ3n) is 2.59. The van der Waals surface area contributed by atoms with E-state index in [-0.39, 0.29) is 24.4 Å². The molecule has 14 heavy (non-hydrogen) atoms. The molecule has 1 aliphatic rings. The normalized spacial score (nSPS) is 21.9. The molecule has 0 aromatic heterocycles. The molecule has 1 unspecified atom stereocenters. The lowest BCUT2D eigenvalue weighted by atomic mass is 10.1. The summed E-state index contributed by atoms with van der Waals surface area (Å²) in [6.07, 6.45) is 2.08. The van der Waals surface area contributed by atoms with E-state index in [0.29, 0.717) is 6.54 Å². The molecule has 2 amide bonds. The summed E-state index contributed by atoms with van der Waals surface area (Å²) >= 11 is 0. The van der Waals surface area contributed by atoms with E-state index in [4.69, 9.17) is 0 Å². The Morgan fingerprint density at radius 1 is 1.57 bits per heavy atom. The molecule has 0 N–H and O–H groups in total. The zero-order chi connectivity index (χ0) is 10.7. The van der Waals surface area contributed by atoms with Crippen molar-refractivity contribution < 1.29 is 9.59 Å². The number of hydrogen-bond acceptors (Lipinski definition) is 2. The fourth-order valence-electron chi connectivity index (χ4n) is 1.85. The topological polar surface area (TPSA) is 40.6 Å². The number of carbonyl (C=O) groups is 2. The Kier molecular flexibility index (Phi) is 3.49. The molecular weight excluding hydrogens is 180 g/mol. The van der Waals surface area contributed by atoms with Gasteiger partial charge < -0.3 is 9.80 Å². The van der Waals surface area contributed by atoms with Crippen molar-refractivity contribution in [3.63, 3.8) is 0 Å². The van der Waals surface area contributed by atoms with Gasteiger partial charge in [0.2, 0.25) is 0 Å². The van der Waals surface area contributed by atoms with Gasteiger partial charge in [-0.3, -0.25) is 4.79 Å². The summed E-state index contributed by atoms with van der Waals surface area (Å²) in [6, 6.07) is 0.269. The number of urea groups is 1. The second-order valence-corrected chi connectivity index (χ2v) is 3.92. The predicted molar refractivity (Wildman–Crippen MR) is 54.1 cm³/mol. The fraction of sp³-hybridized carbons (Fsp3) is 0.800. The van der Waals surface area contributed by atoms with E-state index >= 15 is 0 Å². The Labute approximate surface area is 84.9 Å². The van der Waals surface area contributed by atoms with Gasteiger partial charge in [0.25, 0.3) is 0 Å². The molecule has 0 radical (unpaired) electrons. The Morgan fingerprint density at radius 3 is 2.71 bits per heavy atom. The van der Waals surface area contributed by atoms with Gasteiger partial charge in [-0.15, -0.1) is 0 Å². The van der Waals surface area contributed by atoms with Gasteiger partial charge in [0, 0.05) is 13.6 Å². The average Bonchev–Trinajstić information content (AvgIpc) is 2.34. The molecule has 1 aliphatic heterocycles. The molecule has 0 spiro atoms. The first kappa shape index (κ1) is 11.0. The molecule has 80 valence electrons. The summed E-state index contributed by atoms with van der Waals surface area (Å²) in [7, 11) is 1.81. The van der Waals surface area contributed by atoms with Gasteiger partial charge in [-0.2, -0.15) is 0 Å². The van der Waals surface area contributed by atoms with Crippen LogP contribution in [0, 0.1) is 0 Å². The summed E-state index contributed by atoms with van der Waals surface area (Å²) in [6.45, 7) is 4.57. The minimum Gasteiger partial charge on any atom is -0.323 e. The van der Waals surface area contributed by atoms with E-state index in [2.05, 4.69) is 6.92 Å². The van der Waals surface area contributed by atoms with Crippen LogP contribution in [0.2, 0.25) is 0 Å². The van der Waals surface area contributed by atoms with Crippen LogP contribution in [0.1, 0.15) is 26.7 Å². The van der Waals surface area contributed by atoms with Crippen molar-refractivity contribution in [3.8, 4) is 0 Å². The minimum atomic E-state index is -0.0151. The lowest BCUT2D eigenvalue weighted by Crippen LogP contribution is -2.33. The highest BCUT2D eigenvalue weighted by molar-refractivity contribution is 5.85. The Bertz CT molecular complexity index is 240. The number of rotatable bonds is 4. The van der Waals surface area contributed by atoms with Gasteiger partial charge in [0.05, 0.1) is 12.6 Å². The number of Topliss-reactive ketones (excluding diaryl/α,β-unsaturated/α-hetero) is 1. The molecule has 0 aromatic rings. The van der Waals surface area contributed by atoms with Crippen LogP contribution in [-0.4, -0.2) is 47.8 Å². The number of ketones is 1. The lowest BCUT2D eigenvalue weighted by molar-refractivity contribution is -0.117. The Balaban J connectivity index is 2.57. The predicted octanol–water partition coefficient (Wildman–Crippen LogP) is 1.11. The zero-order valence-electron chi connectivity index (χ0n) is 9.12. The highest BCUT2D eigenvalue weighted by atomic mass is 16.2. The molecule has 0 aromatic carbocycles. The number of hydrogen-bond donors (Lipinski definition) is 0. The zero-order valence-corrected chi connectivity index (χ0v) is 9.12.